The van der Waals surface area contributed by atoms with Gasteiger partial charge in [0.1, 0.15) is 5.54 Å². The molecular weight excluding hydrogens is 400 g/mol. The molecule has 1 spiro atoms. The van der Waals surface area contributed by atoms with E-state index in [1.807, 2.05) is 37.5 Å². The van der Waals surface area contributed by atoms with Crippen LogP contribution in [-0.4, -0.2) is 49.5 Å². The summed E-state index contributed by atoms with van der Waals surface area (Å²) in [6, 6.07) is 8.03. The van der Waals surface area contributed by atoms with Crippen molar-refractivity contribution in [2.24, 2.45) is 0 Å². The van der Waals surface area contributed by atoms with Crippen LogP contribution in [0.5, 0.6) is 0 Å². The molecule has 2 aliphatic rings. The van der Waals surface area contributed by atoms with Gasteiger partial charge in [0, 0.05) is 56.1 Å². The first-order chi connectivity index (χ1) is 14.6. The third kappa shape index (κ3) is 3.66. The number of carbonyl (C=O) groups is 1. The number of rotatable bonds is 5. The molecule has 30 heavy (non-hydrogen) atoms. The number of allylic oxidation sites excluding steroid dienone is 1. The lowest BCUT2D eigenvalue weighted by molar-refractivity contribution is -0.124. The molecule has 1 amide bonds. The minimum absolute atomic E-state index is 0.0930. The number of hydrogen-bond acceptors (Lipinski definition) is 6. The molecule has 4 rings (SSSR count). The van der Waals surface area contributed by atoms with E-state index in [4.69, 9.17) is 17.0 Å². The van der Waals surface area contributed by atoms with Gasteiger partial charge in [-0.3, -0.25) is 15.1 Å². The first-order valence-corrected chi connectivity index (χ1v) is 10.4. The molecule has 4 N–H and O–H groups in total. The molecule has 0 atom stereocenters. The summed E-state index contributed by atoms with van der Waals surface area (Å²) in [6.07, 6.45) is 8.09. The van der Waals surface area contributed by atoms with Crippen LogP contribution in [0.1, 0.15) is 18.4 Å². The van der Waals surface area contributed by atoms with Crippen molar-refractivity contribution in [3.63, 3.8) is 0 Å². The molecule has 2 aliphatic heterocycles. The van der Waals surface area contributed by atoms with Crippen molar-refractivity contribution in [1.29, 1.82) is 5.41 Å². The molecule has 2 fully saturated rings. The van der Waals surface area contributed by atoms with Crippen molar-refractivity contribution in [1.82, 2.24) is 20.9 Å². The molecule has 7 nitrogen and oxygen atoms in total. The zero-order valence-corrected chi connectivity index (χ0v) is 17.6. The van der Waals surface area contributed by atoms with E-state index >= 15 is 0 Å². The lowest BCUT2D eigenvalue weighted by atomic mass is 9.87. The number of aromatic nitrogens is 1. The van der Waals surface area contributed by atoms with Crippen molar-refractivity contribution >= 4 is 35.0 Å². The van der Waals surface area contributed by atoms with Gasteiger partial charge in [-0.1, -0.05) is 35.9 Å². The summed E-state index contributed by atoms with van der Waals surface area (Å²) in [5, 5.41) is 17.4. The standard InChI is InChI=1S/C22H25ClN6O/c1-25-11-17(10-24)15-2-4-16(5-3-15)18-12-26-13-19(23)20(18)29-8-6-22(7-9-29)21(30)27-14-28-22/h2-5,10-13,24-25,28H,6-9,14H2,1H3,(H,27,30)/b17-11+,24-10?. The molecule has 0 saturated carbocycles. The molecule has 2 aromatic rings. The summed E-state index contributed by atoms with van der Waals surface area (Å²) < 4.78 is 0. The Morgan fingerprint density at radius 2 is 2.00 bits per heavy atom. The summed E-state index contributed by atoms with van der Waals surface area (Å²) in [5.74, 6) is 0.0930. The zero-order chi connectivity index (χ0) is 21.1. The second kappa shape index (κ2) is 8.45. The first-order valence-electron chi connectivity index (χ1n) is 9.98. The largest absolute Gasteiger partial charge is 0.393 e. The first kappa shape index (κ1) is 20.4. The van der Waals surface area contributed by atoms with Gasteiger partial charge in [-0.2, -0.15) is 0 Å². The van der Waals surface area contributed by atoms with Crippen molar-refractivity contribution < 1.29 is 4.79 Å². The maximum Gasteiger partial charge on any atom is 0.241 e. The Hall–Kier alpha value is -2.90. The third-order valence-corrected chi connectivity index (χ3v) is 6.18. The number of anilines is 1. The Balaban J connectivity index is 1.62. The van der Waals surface area contributed by atoms with Crippen LogP contribution in [0.25, 0.3) is 16.7 Å². The molecule has 1 aromatic carbocycles. The van der Waals surface area contributed by atoms with Crippen LogP contribution in [0, 0.1) is 5.41 Å². The second-order valence-electron chi connectivity index (χ2n) is 7.56. The van der Waals surface area contributed by atoms with Crippen molar-refractivity contribution in [3.05, 3.63) is 53.4 Å². The molecule has 0 radical (unpaired) electrons. The summed E-state index contributed by atoms with van der Waals surface area (Å²) in [4.78, 5) is 18.8. The minimum atomic E-state index is -0.458. The number of amides is 1. The third-order valence-electron chi connectivity index (χ3n) is 5.90. The van der Waals surface area contributed by atoms with E-state index in [9.17, 15) is 4.79 Å². The number of pyridine rings is 1. The summed E-state index contributed by atoms with van der Waals surface area (Å²) in [5.41, 5.74) is 4.22. The van der Waals surface area contributed by atoms with E-state index in [1.165, 1.54) is 6.21 Å². The van der Waals surface area contributed by atoms with Crippen LogP contribution >= 0.6 is 11.6 Å². The van der Waals surface area contributed by atoms with Gasteiger partial charge in [0.05, 0.1) is 17.4 Å². The average molecular weight is 425 g/mol. The topological polar surface area (TPSA) is 93.1 Å². The van der Waals surface area contributed by atoms with Crippen LogP contribution in [0.4, 0.5) is 5.69 Å². The minimum Gasteiger partial charge on any atom is -0.393 e. The Morgan fingerprint density at radius 1 is 1.27 bits per heavy atom. The Bertz CT molecular complexity index is 980. The lowest BCUT2D eigenvalue weighted by Gasteiger charge is -2.39. The van der Waals surface area contributed by atoms with Crippen LogP contribution in [0.3, 0.4) is 0 Å². The highest BCUT2D eigenvalue weighted by Crippen LogP contribution is 2.39. The van der Waals surface area contributed by atoms with E-state index in [0.717, 1.165) is 53.9 Å². The Kier molecular flexibility index (Phi) is 5.74. The highest BCUT2D eigenvalue weighted by Gasteiger charge is 2.44. The van der Waals surface area contributed by atoms with E-state index in [0.29, 0.717) is 11.7 Å². The van der Waals surface area contributed by atoms with Gasteiger partial charge in [0.2, 0.25) is 5.91 Å². The number of hydrogen-bond donors (Lipinski definition) is 4. The quantitative estimate of drug-likeness (QED) is 0.554. The molecular formula is C22H25ClN6O. The zero-order valence-electron chi connectivity index (χ0n) is 16.8. The van der Waals surface area contributed by atoms with Gasteiger partial charge in [0.25, 0.3) is 0 Å². The highest BCUT2D eigenvalue weighted by molar-refractivity contribution is 6.33. The fraction of sp³-hybridized carbons (Fsp3) is 0.318. The lowest BCUT2D eigenvalue weighted by Crippen LogP contribution is -2.54. The van der Waals surface area contributed by atoms with Crippen LogP contribution in [-0.2, 0) is 4.79 Å². The van der Waals surface area contributed by atoms with Gasteiger partial charge in [-0.05, 0) is 24.0 Å². The molecule has 0 unspecified atom stereocenters. The fourth-order valence-electron chi connectivity index (χ4n) is 4.23. The fourth-order valence-corrected chi connectivity index (χ4v) is 4.50. The van der Waals surface area contributed by atoms with Gasteiger partial charge in [-0.25, -0.2) is 0 Å². The van der Waals surface area contributed by atoms with Gasteiger partial charge >= 0.3 is 0 Å². The van der Waals surface area contributed by atoms with Crippen molar-refractivity contribution in [2.45, 2.75) is 18.4 Å². The maximum atomic E-state index is 12.3. The van der Waals surface area contributed by atoms with Crippen LogP contribution in [0.15, 0.2) is 42.9 Å². The van der Waals surface area contributed by atoms with Crippen LogP contribution in [0.2, 0.25) is 5.02 Å². The Labute approximate surface area is 181 Å². The number of nitrogens with one attached hydrogen (secondary N) is 4. The van der Waals surface area contributed by atoms with Crippen molar-refractivity contribution in [2.75, 3.05) is 31.7 Å². The monoisotopic (exact) mass is 424 g/mol. The molecule has 0 bridgehead atoms. The highest BCUT2D eigenvalue weighted by atomic mass is 35.5. The van der Waals surface area contributed by atoms with Gasteiger partial charge < -0.3 is 20.9 Å². The predicted molar refractivity (Wildman–Crippen MR) is 121 cm³/mol. The van der Waals surface area contributed by atoms with E-state index in [2.05, 4.69) is 25.8 Å². The smallest absolute Gasteiger partial charge is 0.241 e. The molecule has 3 heterocycles. The normalized spacial score (nSPS) is 18.4. The summed E-state index contributed by atoms with van der Waals surface area (Å²) in [6.45, 7) is 2.00. The van der Waals surface area contributed by atoms with E-state index in [-0.39, 0.29) is 5.91 Å². The number of halogens is 1. The molecule has 2 saturated heterocycles. The number of piperidine rings is 1. The van der Waals surface area contributed by atoms with Gasteiger partial charge in [-0.15, -0.1) is 0 Å². The van der Waals surface area contributed by atoms with Crippen LogP contribution < -0.4 is 20.9 Å². The van der Waals surface area contributed by atoms with E-state index in [1.54, 1.807) is 12.4 Å². The molecule has 8 heteroatoms. The predicted octanol–water partition coefficient (Wildman–Crippen LogP) is 2.63. The summed E-state index contributed by atoms with van der Waals surface area (Å²) in [7, 11) is 1.81. The summed E-state index contributed by atoms with van der Waals surface area (Å²) >= 11 is 6.59. The molecule has 1 aromatic heterocycles. The average Bonchev–Trinajstić information content (AvgIpc) is 3.12. The number of nitrogens with zero attached hydrogens (tertiary/aromatic N) is 2. The van der Waals surface area contributed by atoms with Gasteiger partial charge in [0.15, 0.2) is 0 Å². The Morgan fingerprint density at radius 3 is 2.60 bits per heavy atom. The SMILES string of the molecule is CN/C=C(\C=N)c1ccc(-c2cncc(Cl)c2N2CCC3(CC2)NCNC3=O)cc1. The number of benzene rings is 1. The maximum absolute atomic E-state index is 12.3. The second-order valence-corrected chi connectivity index (χ2v) is 7.96. The van der Waals surface area contributed by atoms with E-state index < -0.39 is 5.54 Å². The molecule has 156 valence electrons. The number of carbonyl (C=O) groups excluding carboxylic acids is 1. The van der Waals surface area contributed by atoms with Crippen molar-refractivity contribution in [3.8, 4) is 11.1 Å². The molecule has 0 aliphatic carbocycles.